The Morgan fingerprint density at radius 3 is 2.72 bits per heavy atom. The fourth-order valence-electron chi connectivity index (χ4n) is 2.20. The number of aromatic nitrogens is 2. The zero-order valence-corrected chi connectivity index (χ0v) is 12.6. The molecule has 2 aromatic rings. The minimum absolute atomic E-state index is 0.564. The number of thiophene rings is 1. The summed E-state index contributed by atoms with van der Waals surface area (Å²) in [6.07, 6.45) is 2.28. The monoisotopic (exact) mass is 283 g/mol. The van der Waals surface area contributed by atoms with E-state index in [1.54, 1.807) is 11.3 Å². The molecular weight excluding hydrogens is 266 g/mol. The highest BCUT2D eigenvalue weighted by Gasteiger charge is 2.14. The van der Waals surface area contributed by atoms with Crippen LogP contribution in [0.15, 0.2) is 11.4 Å². The largest absolute Gasteiger partial charge is 0.296 e. The number of hydrogen-bond acceptors (Lipinski definition) is 4. The maximum atomic E-state index is 6.17. The van der Waals surface area contributed by atoms with Gasteiger partial charge in [-0.1, -0.05) is 25.4 Å². The molecule has 3 nitrogen and oxygen atoms in total. The van der Waals surface area contributed by atoms with Crippen LogP contribution in [0.2, 0.25) is 5.15 Å². The van der Waals surface area contributed by atoms with Crippen molar-refractivity contribution in [3.63, 3.8) is 0 Å². The van der Waals surface area contributed by atoms with E-state index < -0.39 is 0 Å². The maximum absolute atomic E-state index is 6.17. The molecule has 0 saturated carbocycles. The van der Waals surface area contributed by atoms with E-state index in [1.165, 1.54) is 0 Å². The van der Waals surface area contributed by atoms with Crippen LogP contribution in [0.3, 0.4) is 0 Å². The first-order valence-electron chi connectivity index (χ1n) is 6.25. The van der Waals surface area contributed by atoms with Crippen LogP contribution in [-0.2, 0) is 6.54 Å². The van der Waals surface area contributed by atoms with E-state index in [9.17, 15) is 0 Å². The van der Waals surface area contributed by atoms with Crippen LogP contribution in [-0.4, -0.2) is 28.0 Å². The van der Waals surface area contributed by atoms with Gasteiger partial charge < -0.3 is 0 Å². The van der Waals surface area contributed by atoms with Gasteiger partial charge in [-0.05, 0) is 31.3 Å². The molecule has 0 amide bonds. The summed E-state index contributed by atoms with van der Waals surface area (Å²) in [5, 5.41) is 3.52. The molecule has 0 N–H and O–H groups in total. The molecule has 0 saturated heterocycles. The van der Waals surface area contributed by atoms with Crippen LogP contribution in [0.25, 0.3) is 10.2 Å². The Morgan fingerprint density at radius 1 is 1.33 bits per heavy atom. The fourth-order valence-corrected chi connectivity index (χ4v) is 3.28. The molecule has 2 aromatic heterocycles. The van der Waals surface area contributed by atoms with Gasteiger partial charge in [0.25, 0.3) is 0 Å². The lowest BCUT2D eigenvalue weighted by Gasteiger charge is -2.25. The number of nitrogens with zero attached hydrogens (tertiary/aromatic N) is 3. The van der Waals surface area contributed by atoms with Crippen molar-refractivity contribution in [2.24, 2.45) is 0 Å². The van der Waals surface area contributed by atoms with Gasteiger partial charge in [0.05, 0.1) is 6.54 Å². The summed E-state index contributed by atoms with van der Waals surface area (Å²) in [4.78, 5) is 12.2. The molecule has 0 aliphatic carbocycles. The van der Waals surface area contributed by atoms with E-state index in [0.717, 1.165) is 35.4 Å². The first-order chi connectivity index (χ1) is 8.65. The van der Waals surface area contributed by atoms with Crippen LogP contribution >= 0.6 is 22.9 Å². The van der Waals surface area contributed by atoms with E-state index in [-0.39, 0.29) is 0 Å². The van der Waals surface area contributed by atoms with E-state index in [4.69, 9.17) is 11.6 Å². The van der Waals surface area contributed by atoms with Crippen molar-refractivity contribution in [3.05, 3.63) is 22.4 Å². The number of halogens is 1. The number of hydrogen-bond donors (Lipinski definition) is 0. The Morgan fingerprint density at radius 2 is 2.06 bits per heavy atom. The molecule has 0 radical (unpaired) electrons. The van der Waals surface area contributed by atoms with Gasteiger partial charge in [0.1, 0.15) is 15.8 Å². The normalized spacial score (nSPS) is 11.9. The Hall–Kier alpha value is -0.710. The van der Waals surface area contributed by atoms with Crippen molar-refractivity contribution in [1.29, 1.82) is 0 Å². The van der Waals surface area contributed by atoms with Crippen molar-refractivity contribution in [2.75, 3.05) is 7.05 Å². The lowest BCUT2D eigenvalue weighted by atomic mass is 10.1. The van der Waals surface area contributed by atoms with Gasteiger partial charge in [0.15, 0.2) is 0 Å². The molecule has 0 atom stereocenters. The van der Waals surface area contributed by atoms with Gasteiger partial charge in [-0.25, -0.2) is 9.97 Å². The fraction of sp³-hybridized carbons (Fsp3) is 0.538. The smallest absolute Gasteiger partial charge is 0.145 e. The molecule has 0 spiro atoms. The molecule has 18 heavy (non-hydrogen) atoms. The molecule has 0 bridgehead atoms. The highest BCUT2D eigenvalue weighted by Crippen LogP contribution is 2.25. The third kappa shape index (κ3) is 2.82. The molecule has 2 heterocycles. The molecule has 0 aliphatic rings. The summed E-state index contributed by atoms with van der Waals surface area (Å²) in [5.74, 6) is 0.810. The Bertz CT molecular complexity index is 522. The minimum Gasteiger partial charge on any atom is -0.296 e. The molecule has 98 valence electrons. The summed E-state index contributed by atoms with van der Waals surface area (Å²) in [5.41, 5.74) is 0. The quantitative estimate of drug-likeness (QED) is 0.778. The Labute approximate surface area is 117 Å². The molecule has 0 fully saturated rings. The average molecular weight is 284 g/mol. The summed E-state index contributed by atoms with van der Waals surface area (Å²) in [6.45, 7) is 5.17. The van der Waals surface area contributed by atoms with E-state index in [1.807, 2.05) is 11.4 Å². The van der Waals surface area contributed by atoms with Crippen molar-refractivity contribution >= 4 is 33.2 Å². The molecular formula is C13H18ClN3S. The third-order valence-electron chi connectivity index (χ3n) is 3.28. The second-order valence-electron chi connectivity index (χ2n) is 4.46. The number of fused-ring (bicyclic) bond motifs is 1. The summed E-state index contributed by atoms with van der Waals surface area (Å²) >= 11 is 7.78. The highest BCUT2D eigenvalue weighted by atomic mass is 35.5. The van der Waals surface area contributed by atoms with Crippen molar-refractivity contribution in [2.45, 2.75) is 39.3 Å². The Kier molecular flexibility index (Phi) is 4.54. The number of rotatable bonds is 5. The lowest BCUT2D eigenvalue weighted by Crippen LogP contribution is -2.30. The average Bonchev–Trinajstić information content (AvgIpc) is 2.79. The molecule has 2 rings (SSSR count). The molecule has 0 aliphatic heterocycles. The van der Waals surface area contributed by atoms with Crippen molar-refractivity contribution in [3.8, 4) is 0 Å². The van der Waals surface area contributed by atoms with E-state index >= 15 is 0 Å². The summed E-state index contributed by atoms with van der Waals surface area (Å²) in [7, 11) is 2.12. The molecule has 5 heteroatoms. The van der Waals surface area contributed by atoms with E-state index in [0.29, 0.717) is 11.2 Å². The zero-order valence-electron chi connectivity index (χ0n) is 11.0. The van der Waals surface area contributed by atoms with Crippen LogP contribution in [0, 0.1) is 0 Å². The Balaban J connectivity index is 2.21. The highest BCUT2D eigenvalue weighted by molar-refractivity contribution is 7.16. The minimum atomic E-state index is 0.564. The van der Waals surface area contributed by atoms with Gasteiger partial charge in [-0.2, -0.15) is 0 Å². The zero-order chi connectivity index (χ0) is 13.1. The maximum Gasteiger partial charge on any atom is 0.145 e. The molecule has 0 aromatic carbocycles. The standard InChI is InChI=1S/C13H18ClN3S/c1-4-9(5-2)17(3)8-11-15-12(14)10-6-7-18-13(10)16-11/h6-7,9H,4-5,8H2,1-3H3. The SMILES string of the molecule is CCC(CC)N(C)Cc1nc(Cl)c2ccsc2n1. The third-order valence-corrected chi connectivity index (χ3v) is 4.38. The second-order valence-corrected chi connectivity index (χ2v) is 5.71. The lowest BCUT2D eigenvalue weighted by molar-refractivity contribution is 0.217. The topological polar surface area (TPSA) is 29.0 Å². The van der Waals surface area contributed by atoms with E-state index in [2.05, 4.69) is 35.8 Å². The predicted molar refractivity (Wildman–Crippen MR) is 78.3 cm³/mol. The van der Waals surface area contributed by atoms with Crippen LogP contribution < -0.4 is 0 Å². The van der Waals surface area contributed by atoms with Gasteiger partial charge in [-0.3, -0.25) is 4.90 Å². The summed E-state index contributed by atoms with van der Waals surface area (Å²) in [6, 6.07) is 2.54. The molecule has 0 unspecified atom stereocenters. The van der Waals surface area contributed by atoms with Crippen LogP contribution in [0.4, 0.5) is 0 Å². The van der Waals surface area contributed by atoms with Crippen molar-refractivity contribution in [1.82, 2.24) is 14.9 Å². The van der Waals surface area contributed by atoms with Crippen LogP contribution in [0.5, 0.6) is 0 Å². The van der Waals surface area contributed by atoms with Crippen molar-refractivity contribution < 1.29 is 0 Å². The van der Waals surface area contributed by atoms with Gasteiger partial charge >= 0.3 is 0 Å². The first-order valence-corrected chi connectivity index (χ1v) is 7.51. The van der Waals surface area contributed by atoms with Gasteiger partial charge in [0.2, 0.25) is 0 Å². The van der Waals surface area contributed by atoms with Gasteiger partial charge in [-0.15, -0.1) is 11.3 Å². The second kappa shape index (κ2) is 5.95. The van der Waals surface area contributed by atoms with Crippen LogP contribution in [0.1, 0.15) is 32.5 Å². The predicted octanol–water partition coefficient (Wildman–Crippen LogP) is 3.97. The summed E-state index contributed by atoms with van der Waals surface area (Å²) < 4.78 is 0. The first kappa shape index (κ1) is 13.7. The van der Waals surface area contributed by atoms with Gasteiger partial charge in [0, 0.05) is 11.4 Å².